The number of hydrogen-bond donors (Lipinski definition) is 1. The Morgan fingerprint density at radius 1 is 1.16 bits per heavy atom. The van der Waals surface area contributed by atoms with Gasteiger partial charge in [-0.15, -0.1) is 0 Å². The minimum Gasteiger partial charge on any atom is -0.306 e. The van der Waals surface area contributed by atoms with Crippen LogP contribution in [0.3, 0.4) is 0 Å². The number of rotatable bonds is 4. The first kappa shape index (κ1) is 14.0. The van der Waals surface area contributed by atoms with Crippen molar-refractivity contribution in [3.8, 4) is 0 Å². The summed E-state index contributed by atoms with van der Waals surface area (Å²) in [4.78, 5) is 0. The van der Waals surface area contributed by atoms with Gasteiger partial charge in [-0.2, -0.15) is 0 Å². The van der Waals surface area contributed by atoms with E-state index in [0.717, 1.165) is 17.7 Å². The average Bonchev–Trinajstić information content (AvgIpc) is 2.40. The fourth-order valence-electron chi connectivity index (χ4n) is 2.15. The maximum atomic E-state index is 14.0. The first-order valence-electron chi connectivity index (χ1n) is 6.36. The molecule has 0 radical (unpaired) electrons. The molecule has 1 atom stereocenters. The van der Waals surface area contributed by atoms with Gasteiger partial charge in [0.05, 0.1) is 6.04 Å². The maximum absolute atomic E-state index is 14.0. The van der Waals surface area contributed by atoms with Crippen LogP contribution in [0.25, 0.3) is 0 Å². The minimum absolute atomic E-state index is 0.151. The Kier molecular flexibility index (Phi) is 4.56. The van der Waals surface area contributed by atoms with Crippen LogP contribution in [0.5, 0.6) is 0 Å². The maximum Gasteiger partial charge on any atom is 0.128 e. The molecule has 0 aliphatic heterocycles. The van der Waals surface area contributed by atoms with Crippen molar-refractivity contribution in [3.63, 3.8) is 0 Å². The second-order valence-electron chi connectivity index (χ2n) is 4.57. The first-order chi connectivity index (χ1) is 9.11. The molecule has 1 nitrogen and oxygen atoms in total. The van der Waals surface area contributed by atoms with Gasteiger partial charge < -0.3 is 5.32 Å². The SMILES string of the molecule is CCNC(c1ccc(Cl)cc1)c1cc(C)ccc1F. The van der Waals surface area contributed by atoms with Crippen molar-refractivity contribution in [1.82, 2.24) is 5.32 Å². The van der Waals surface area contributed by atoms with Crippen LogP contribution in [-0.4, -0.2) is 6.54 Å². The Morgan fingerprint density at radius 3 is 2.47 bits per heavy atom. The number of aryl methyl sites for hydroxylation is 1. The second kappa shape index (κ2) is 6.18. The van der Waals surface area contributed by atoms with Gasteiger partial charge in [0, 0.05) is 10.6 Å². The highest BCUT2D eigenvalue weighted by Crippen LogP contribution is 2.26. The van der Waals surface area contributed by atoms with Gasteiger partial charge in [-0.25, -0.2) is 4.39 Å². The molecule has 0 aromatic heterocycles. The lowest BCUT2D eigenvalue weighted by Gasteiger charge is -2.20. The Hall–Kier alpha value is -1.38. The zero-order chi connectivity index (χ0) is 13.8. The predicted molar refractivity (Wildman–Crippen MR) is 78.1 cm³/mol. The van der Waals surface area contributed by atoms with E-state index in [1.54, 1.807) is 6.07 Å². The normalized spacial score (nSPS) is 12.4. The molecule has 2 rings (SSSR count). The predicted octanol–water partition coefficient (Wildman–Crippen LogP) is 4.49. The molecule has 0 aliphatic rings. The molecule has 0 fully saturated rings. The monoisotopic (exact) mass is 277 g/mol. The van der Waals surface area contributed by atoms with Gasteiger partial charge in [0.2, 0.25) is 0 Å². The Morgan fingerprint density at radius 2 is 1.84 bits per heavy atom. The smallest absolute Gasteiger partial charge is 0.128 e. The van der Waals surface area contributed by atoms with Crippen molar-refractivity contribution in [2.24, 2.45) is 0 Å². The molecule has 100 valence electrons. The highest BCUT2D eigenvalue weighted by molar-refractivity contribution is 6.30. The summed E-state index contributed by atoms with van der Waals surface area (Å²) in [6.07, 6.45) is 0. The van der Waals surface area contributed by atoms with Gasteiger partial charge in [-0.05, 0) is 37.2 Å². The van der Waals surface area contributed by atoms with E-state index in [2.05, 4.69) is 5.32 Å². The van der Waals surface area contributed by atoms with Gasteiger partial charge in [0.1, 0.15) is 5.82 Å². The number of hydrogen-bond acceptors (Lipinski definition) is 1. The molecule has 0 aliphatic carbocycles. The molecular weight excluding hydrogens is 261 g/mol. The molecule has 1 N–H and O–H groups in total. The standard InChI is InChI=1S/C16H17ClFN/c1-3-19-16(12-5-7-13(17)8-6-12)14-10-11(2)4-9-15(14)18/h4-10,16,19H,3H2,1-2H3. The lowest BCUT2D eigenvalue weighted by atomic mass is 9.97. The van der Waals surface area contributed by atoms with E-state index in [4.69, 9.17) is 11.6 Å². The fourth-order valence-corrected chi connectivity index (χ4v) is 2.28. The first-order valence-corrected chi connectivity index (χ1v) is 6.74. The zero-order valence-electron chi connectivity index (χ0n) is 11.1. The average molecular weight is 278 g/mol. The number of nitrogens with one attached hydrogen (secondary N) is 1. The van der Waals surface area contributed by atoms with Crippen LogP contribution in [0, 0.1) is 12.7 Å². The summed E-state index contributed by atoms with van der Waals surface area (Å²) in [5, 5.41) is 4.00. The minimum atomic E-state index is -0.188. The van der Waals surface area contributed by atoms with E-state index in [1.807, 2.05) is 44.2 Å². The summed E-state index contributed by atoms with van der Waals surface area (Å²) in [7, 11) is 0. The molecule has 0 amide bonds. The third kappa shape index (κ3) is 3.34. The van der Waals surface area contributed by atoms with Gasteiger partial charge in [0.15, 0.2) is 0 Å². The topological polar surface area (TPSA) is 12.0 Å². The summed E-state index contributed by atoms with van der Waals surface area (Å²) in [6, 6.07) is 12.5. The van der Waals surface area contributed by atoms with Crippen LogP contribution in [0.1, 0.15) is 29.7 Å². The van der Waals surface area contributed by atoms with Gasteiger partial charge >= 0.3 is 0 Å². The van der Waals surface area contributed by atoms with E-state index in [-0.39, 0.29) is 11.9 Å². The molecule has 0 spiro atoms. The van der Waals surface area contributed by atoms with Gasteiger partial charge in [0.25, 0.3) is 0 Å². The van der Waals surface area contributed by atoms with Crippen molar-refractivity contribution in [3.05, 3.63) is 70.0 Å². The van der Waals surface area contributed by atoms with Gasteiger partial charge in [-0.1, -0.05) is 48.4 Å². The summed E-state index contributed by atoms with van der Waals surface area (Å²) < 4.78 is 14.0. The molecule has 0 heterocycles. The molecule has 2 aromatic carbocycles. The number of benzene rings is 2. The van der Waals surface area contributed by atoms with Crippen LogP contribution in [0.2, 0.25) is 5.02 Å². The Bertz CT molecular complexity index is 551. The summed E-state index contributed by atoms with van der Waals surface area (Å²) in [5.41, 5.74) is 2.73. The largest absolute Gasteiger partial charge is 0.306 e. The molecule has 0 bridgehead atoms. The summed E-state index contributed by atoms with van der Waals surface area (Å²) >= 11 is 5.90. The van der Waals surface area contributed by atoms with Gasteiger partial charge in [-0.3, -0.25) is 0 Å². The Balaban J connectivity index is 2.44. The summed E-state index contributed by atoms with van der Waals surface area (Å²) in [6.45, 7) is 4.74. The third-order valence-corrected chi connectivity index (χ3v) is 3.33. The quantitative estimate of drug-likeness (QED) is 0.868. The van der Waals surface area contributed by atoms with Crippen LogP contribution in [-0.2, 0) is 0 Å². The lowest BCUT2D eigenvalue weighted by molar-refractivity contribution is 0.558. The molecular formula is C16H17ClFN. The van der Waals surface area contributed by atoms with E-state index < -0.39 is 0 Å². The van der Waals surface area contributed by atoms with Crippen LogP contribution >= 0.6 is 11.6 Å². The molecule has 3 heteroatoms. The summed E-state index contributed by atoms with van der Waals surface area (Å²) in [5.74, 6) is -0.188. The van der Waals surface area contributed by atoms with Crippen molar-refractivity contribution in [2.75, 3.05) is 6.54 Å². The van der Waals surface area contributed by atoms with Crippen molar-refractivity contribution in [1.29, 1.82) is 0 Å². The molecule has 1 unspecified atom stereocenters. The van der Waals surface area contributed by atoms with Crippen molar-refractivity contribution in [2.45, 2.75) is 19.9 Å². The van der Waals surface area contributed by atoms with Crippen molar-refractivity contribution >= 4 is 11.6 Å². The molecule has 0 saturated carbocycles. The highest BCUT2D eigenvalue weighted by Gasteiger charge is 2.17. The number of halogens is 2. The second-order valence-corrected chi connectivity index (χ2v) is 5.00. The molecule has 0 saturated heterocycles. The lowest BCUT2D eigenvalue weighted by Crippen LogP contribution is -2.23. The molecule has 2 aromatic rings. The van der Waals surface area contributed by atoms with Crippen LogP contribution in [0.15, 0.2) is 42.5 Å². The van der Waals surface area contributed by atoms with E-state index >= 15 is 0 Å². The van der Waals surface area contributed by atoms with Crippen LogP contribution < -0.4 is 5.32 Å². The highest BCUT2D eigenvalue weighted by atomic mass is 35.5. The Labute approximate surface area is 118 Å². The third-order valence-electron chi connectivity index (χ3n) is 3.07. The zero-order valence-corrected chi connectivity index (χ0v) is 11.8. The van der Waals surface area contributed by atoms with E-state index in [9.17, 15) is 4.39 Å². The van der Waals surface area contributed by atoms with Crippen LogP contribution in [0.4, 0.5) is 4.39 Å². The van der Waals surface area contributed by atoms with E-state index in [1.165, 1.54) is 6.07 Å². The van der Waals surface area contributed by atoms with Crippen molar-refractivity contribution < 1.29 is 4.39 Å². The fraction of sp³-hybridized carbons (Fsp3) is 0.250. The molecule has 19 heavy (non-hydrogen) atoms. The van der Waals surface area contributed by atoms with E-state index in [0.29, 0.717) is 10.6 Å².